The summed E-state index contributed by atoms with van der Waals surface area (Å²) in [7, 11) is 0. The van der Waals surface area contributed by atoms with Gasteiger partial charge >= 0.3 is 0 Å². The van der Waals surface area contributed by atoms with E-state index in [0.717, 1.165) is 17.5 Å². The van der Waals surface area contributed by atoms with E-state index in [2.05, 4.69) is 0 Å². The number of nitrogens with two attached hydrogens (primary N) is 1. The van der Waals surface area contributed by atoms with Crippen LogP contribution in [-0.2, 0) is 6.42 Å². The molecule has 0 aliphatic rings. The largest absolute Gasteiger partial charge is 0.508 e. The zero-order chi connectivity index (χ0) is 8.27. The Balaban J connectivity index is 2.93. The molecule has 1 aromatic rings. The van der Waals surface area contributed by atoms with Gasteiger partial charge in [-0.25, -0.2) is 0 Å². The van der Waals surface area contributed by atoms with Crippen LogP contribution in [-0.4, -0.2) is 11.7 Å². The predicted molar refractivity (Wildman–Crippen MR) is 45.6 cm³/mol. The summed E-state index contributed by atoms with van der Waals surface area (Å²) in [6, 6.07) is 5.55. The maximum absolute atomic E-state index is 9.31. The Bertz CT molecular complexity index is 245. The van der Waals surface area contributed by atoms with Crippen LogP contribution >= 0.6 is 0 Å². The maximum atomic E-state index is 9.31. The molecule has 0 aromatic heterocycles. The van der Waals surface area contributed by atoms with E-state index in [0.29, 0.717) is 12.3 Å². The molecule has 3 N–H and O–H groups in total. The monoisotopic (exact) mass is 151 g/mol. The summed E-state index contributed by atoms with van der Waals surface area (Å²) in [6.07, 6.45) is 0.744. The second-order valence-corrected chi connectivity index (χ2v) is 2.67. The molecule has 11 heavy (non-hydrogen) atoms. The van der Waals surface area contributed by atoms with Crippen molar-refractivity contribution in [2.45, 2.75) is 13.3 Å². The highest BCUT2D eigenvalue weighted by Crippen LogP contribution is 2.17. The third-order valence-corrected chi connectivity index (χ3v) is 1.65. The van der Waals surface area contributed by atoms with Gasteiger partial charge in [0, 0.05) is 0 Å². The Morgan fingerprint density at radius 1 is 1.45 bits per heavy atom. The second kappa shape index (κ2) is 3.39. The van der Waals surface area contributed by atoms with Gasteiger partial charge in [-0.3, -0.25) is 0 Å². The number of aromatic hydroxyl groups is 1. The van der Waals surface area contributed by atoms with E-state index in [1.54, 1.807) is 6.07 Å². The fourth-order valence-electron chi connectivity index (χ4n) is 1.07. The third kappa shape index (κ3) is 1.95. The van der Waals surface area contributed by atoms with E-state index in [1.165, 1.54) is 0 Å². The van der Waals surface area contributed by atoms with Crippen molar-refractivity contribution in [1.29, 1.82) is 0 Å². The Morgan fingerprint density at radius 3 is 2.82 bits per heavy atom. The van der Waals surface area contributed by atoms with Crippen LogP contribution in [0.25, 0.3) is 0 Å². The zero-order valence-electron chi connectivity index (χ0n) is 6.67. The van der Waals surface area contributed by atoms with Gasteiger partial charge in [-0.1, -0.05) is 17.7 Å². The molecule has 0 fully saturated rings. The highest BCUT2D eigenvalue weighted by Gasteiger charge is 1.98. The molecule has 1 aromatic carbocycles. The number of hydrogen-bond donors (Lipinski definition) is 2. The van der Waals surface area contributed by atoms with Crippen LogP contribution in [0.3, 0.4) is 0 Å². The van der Waals surface area contributed by atoms with E-state index >= 15 is 0 Å². The molecule has 0 saturated heterocycles. The van der Waals surface area contributed by atoms with E-state index in [-0.39, 0.29) is 0 Å². The molecule has 0 spiro atoms. The van der Waals surface area contributed by atoms with E-state index in [4.69, 9.17) is 5.73 Å². The van der Waals surface area contributed by atoms with Crippen molar-refractivity contribution in [2.24, 2.45) is 5.73 Å². The molecule has 2 heteroatoms. The van der Waals surface area contributed by atoms with Gasteiger partial charge in [-0.2, -0.15) is 0 Å². The molecule has 0 saturated carbocycles. The average molecular weight is 151 g/mol. The van der Waals surface area contributed by atoms with E-state index in [1.807, 2.05) is 19.1 Å². The Hall–Kier alpha value is -1.02. The lowest BCUT2D eigenvalue weighted by Crippen LogP contribution is -2.02. The van der Waals surface area contributed by atoms with Crippen molar-refractivity contribution in [2.75, 3.05) is 6.54 Å². The Kier molecular flexibility index (Phi) is 2.49. The van der Waals surface area contributed by atoms with Gasteiger partial charge in [0.05, 0.1) is 0 Å². The van der Waals surface area contributed by atoms with Crippen LogP contribution in [0.5, 0.6) is 5.75 Å². The standard InChI is InChI=1S/C9H13NO/c1-7-2-3-9(11)8(6-7)4-5-10/h2-3,6,11H,4-5,10H2,1H3. The van der Waals surface area contributed by atoms with Crippen LogP contribution < -0.4 is 5.73 Å². The summed E-state index contributed by atoms with van der Waals surface area (Å²) >= 11 is 0. The molecule has 0 aliphatic heterocycles. The number of benzene rings is 1. The number of hydrogen-bond acceptors (Lipinski definition) is 2. The number of aryl methyl sites for hydroxylation is 1. The molecule has 2 nitrogen and oxygen atoms in total. The van der Waals surface area contributed by atoms with Crippen LogP contribution in [0, 0.1) is 6.92 Å². The summed E-state index contributed by atoms with van der Waals surface area (Å²) < 4.78 is 0. The Labute approximate surface area is 66.7 Å². The fourth-order valence-corrected chi connectivity index (χ4v) is 1.07. The normalized spacial score (nSPS) is 10.0. The molecular formula is C9H13NO. The van der Waals surface area contributed by atoms with Gasteiger partial charge in [0.1, 0.15) is 5.75 Å². The van der Waals surface area contributed by atoms with Gasteiger partial charge in [-0.05, 0) is 31.5 Å². The molecule has 1 rings (SSSR count). The van der Waals surface area contributed by atoms with Crippen LogP contribution in [0.1, 0.15) is 11.1 Å². The predicted octanol–water partition coefficient (Wildman–Crippen LogP) is 1.20. The molecule has 0 atom stereocenters. The molecule has 0 bridgehead atoms. The molecule has 0 radical (unpaired) electrons. The summed E-state index contributed by atoms with van der Waals surface area (Å²) in [5, 5.41) is 9.31. The van der Waals surface area contributed by atoms with Gasteiger partial charge in [0.2, 0.25) is 0 Å². The van der Waals surface area contributed by atoms with Crippen molar-refractivity contribution in [1.82, 2.24) is 0 Å². The van der Waals surface area contributed by atoms with Crippen molar-refractivity contribution < 1.29 is 5.11 Å². The van der Waals surface area contributed by atoms with Gasteiger partial charge < -0.3 is 10.8 Å². The smallest absolute Gasteiger partial charge is 0.118 e. The van der Waals surface area contributed by atoms with Crippen molar-refractivity contribution in [3.63, 3.8) is 0 Å². The first-order chi connectivity index (χ1) is 5.24. The Morgan fingerprint density at radius 2 is 2.18 bits per heavy atom. The van der Waals surface area contributed by atoms with Crippen LogP contribution in [0.4, 0.5) is 0 Å². The number of phenols is 1. The topological polar surface area (TPSA) is 46.2 Å². The summed E-state index contributed by atoms with van der Waals surface area (Å²) in [5.74, 6) is 0.348. The molecule has 0 aliphatic carbocycles. The SMILES string of the molecule is Cc1ccc(O)c(CCN)c1. The lowest BCUT2D eigenvalue weighted by atomic mass is 10.1. The summed E-state index contributed by atoms with van der Waals surface area (Å²) in [5.41, 5.74) is 7.46. The zero-order valence-corrected chi connectivity index (χ0v) is 6.67. The molecule has 60 valence electrons. The minimum absolute atomic E-state index is 0.348. The first kappa shape index (κ1) is 8.08. The van der Waals surface area contributed by atoms with Gasteiger partial charge in [-0.15, -0.1) is 0 Å². The fraction of sp³-hybridized carbons (Fsp3) is 0.333. The highest BCUT2D eigenvalue weighted by atomic mass is 16.3. The lowest BCUT2D eigenvalue weighted by molar-refractivity contribution is 0.468. The third-order valence-electron chi connectivity index (χ3n) is 1.65. The number of phenolic OH excluding ortho intramolecular Hbond substituents is 1. The minimum atomic E-state index is 0.348. The average Bonchev–Trinajstić information content (AvgIpc) is 1.98. The van der Waals surface area contributed by atoms with Crippen LogP contribution in [0.15, 0.2) is 18.2 Å². The minimum Gasteiger partial charge on any atom is -0.508 e. The molecule has 0 unspecified atom stereocenters. The second-order valence-electron chi connectivity index (χ2n) is 2.67. The van der Waals surface area contributed by atoms with E-state index < -0.39 is 0 Å². The maximum Gasteiger partial charge on any atom is 0.118 e. The first-order valence-electron chi connectivity index (χ1n) is 3.72. The van der Waals surface area contributed by atoms with Gasteiger partial charge in [0.25, 0.3) is 0 Å². The quantitative estimate of drug-likeness (QED) is 0.667. The molecule has 0 heterocycles. The summed E-state index contributed by atoms with van der Waals surface area (Å²) in [4.78, 5) is 0. The van der Waals surface area contributed by atoms with Crippen LogP contribution in [0.2, 0.25) is 0 Å². The van der Waals surface area contributed by atoms with Crippen molar-refractivity contribution in [3.05, 3.63) is 29.3 Å². The molecular weight excluding hydrogens is 138 g/mol. The lowest BCUT2D eigenvalue weighted by Gasteiger charge is -2.02. The summed E-state index contributed by atoms with van der Waals surface area (Å²) in [6.45, 7) is 2.58. The van der Waals surface area contributed by atoms with Gasteiger partial charge in [0.15, 0.2) is 0 Å². The molecule has 0 amide bonds. The van der Waals surface area contributed by atoms with Crippen molar-refractivity contribution in [3.8, 4) is 5.75 Å². The van der Waals surface area contributed by atoms with E-state index in [9.17, 15) is 5.11 Å². The number of rotatable bonds is 2. The first-order valence-corrected chi connectivity index (χ1v) is 3.72. The van der Waals surface area contributed by atoms with Crippen molar-refractivity contribution >= 4 is 0 Å². The highest BCUT2D eigenvalue weighted by molar-refractivity contribution is 5.35.